The molecule has 9 nitrogen and oxygen atoms in total. The lowest BCUT2D eigenvalue weighted by molar-refractivity contribution is 0.101. The van der Waals surface area contributed by atoms with Gasteiger partial charge in [0.1, 0.15) is 10.6 Å². The number of anilines is 2. The van der Waals surface area contributed by atoms with E-state index in [9.17, 15) is 18.0 Å². The normalized spacial score (nSPS) is 11.1. The van der Waals surface area contributed by atoms with Gasteiger partial charge < -0.3 is 20.9 Å². The first-order valence-corrected chi connectivity index (χ1v) is 8.29. The minimum Gasteiger partial charge on any atom is -0.351 e. The third kappa shape index (κ3) is 3.91. The number of carbonyl (C=O) groups excluding carboxylic acids is 2. The summed E-state index contributed by atoms with van der Waals surface area (Å²) in [5.41, 5.74) is 6.05. The van der Waals surface area contributed by atoms with Gasteiger partial charge in [-0.3, -0.25) is 4.79 Å². The molecule has 0 spiro atoms. The minimum absolute atomic E-state index is 0.0122. The van der Waals surface area contributed by atoms with E-state index in [2.05, 4.69) is 15.4 Å². The van der Waals surface area contributed by atoms with Gasteiger partial charge in [-0.2, -0.15) is 0 Å². The van der Waals surface area contributed by atoms with Crippen molar-refractivity contribution < 1.29 is 18.0 Å². The molecule has 0 saturated carbocycles. The molecule has 24 heavy (non-hydrogen) atoms. The summed E-state index contributed by atoms with van der Waals surface area (Å²) in [4.78, 5) is 23.2. The average Bonchev–Trinajstić information content (AvgIpc) is 2.90. The van der Waals surface area contributed by atoms with Crippen LogP contribution in [0.3, 0.4) is 0 Å². The molecule has 0 aliphatic heterocycles. The van der Waals surface area contributed by atoms with Crippen LogP contribution in [0.5, 0.6) is 0 Å². The number of nitrogens with zero attached hydrogens (tertiary/aromatic N) is 1. The lowest BCUT2D eigenvalue weighted by Crippen LogP contribution is -2.19. The van der Waals surface area contributed by atoms with E-state index >= 15 is 0 Å². The van der Waals surface area contributed by atoms with Crippen LogP contribution in [0.2, 0.25) is 0 Å². The van der Waals surface area contributed by atoms with Crippen molar-refractivity contribution >= 4 is 33.3 Å². The Morgan fingerprint density at radius 3 is 2.33 bits per heavy atom. The van der Waals surface area contributed by atoms with Gasteiger partial charge in [-0.05, 0) is 31.3 Å². The molecule has 1 heterocycles. The van der Waals surface area contributed by atoms with Crippen LogP contribution in [0.15, 0.2) is 41.4 Å². The standard InChI is InChI=1S/C14H17N5O4S/c1-16-24(22,23)11-7-12(19(2)8-11)13(20)17-9-4-3-5-10(6-9)18-14(15)21/h3-8,16H,1-2H3,(H,17,20)(H3,15,18,21). The Kier molecular flexibility index (Phi) is 4.90. The third-order valence-corrected chi connectivity index (χ3v) is 4.56. The Labute approximate surface area is 138 Å². The molecule has 128 valence electrons. The van der Waals surface area contributed by atoms with Crippen LogP contribution in [-0.2, 0) is 17.1 Å². The molecule has 0 fully saturated rings. The highest BCUT2D eigenvalue weighted by atomic mass is 32.2. The summed E-state index contributed by atoms with van der Waals surface area (Å²) in [6.07, 6.45) is 1.34. The predicted octanol–water partition coefficient (Wildman–Crippen LogP) is 0.676. The molecular weight excluding hydrogens is 334 g/mol. The molecule has 0 bridgehead atoms. The van der Waals surface area contributed by atoms with Crippen molar-refractivity contribution in [3.05, 3.63) is 42.2 Å². The lowest BCUT2D eigenvalue weighted by atomic mass is 10.2. The van der Waals surface area contributed by atoms with E-state index in [1.807, 2.05) is 0 Å². The van der Waals surface area contributed by atoms with Gasteiger partial charge in [0.05, 0.1) is 0 Å². The quantitative estimate of drug-likeness (QED) is 0.629. The number of carbonyl (C=O) groups is 2. The van der Waals surface area contributed by atoms with E-state index in [1.165, 1.54) is 29.9 Å². The summed E-state index contributed by atoms with van der Waals surface area (Å²) in [6, 6.07) is 6.94. The molecule has 2 rings (SSSR count). The van der Waals surface area contributed by atoms with Gasteiger partial charge in [0.25, 0.3) is 5.91 Å². The SMILES string of the molecule is CNS(=O)(=O)c1cc(C(=O)Nc2cccc(NC(N)=O)c2)n(C)c1. The van der Waals surface area contributed by atoms with Crippen molar-refractivity contribution in [1.82, 2.24) is 9.29 Å². The number of aryl methyl sites for hydroxylation is 1. The molecule has 0 radical (unpaired) electrons. The Balaban J connectivity index is 2.23. The van der Waals surface area contributed by atoms with E-state index < -0.39 is 22.0 Å². The van der Waals surface area contributed by atoms with Crippen LogP contribution in [0, 0.1) is 0 Å². The van der Waals surface area contributed by atoms with E-state index in [0.29, 0.717) is 11.4 Å². The van der Waals surface area contributed by atoms with E-state index in [1.54, 1.807) is 25.2 Å². The topological polar surface area (TPSA) is 135 Å². The zero-order chi connectivity index (χ0) is 17.9. The highest BCUT2D eigenvalue weighted by Crippen LogP contribution is 2.18. The number of hydrogen-bond acceptors (Lipinski definition) is 4. The van der Waals surface area contributed by atoms with Crippen molar-refractivity contribution in [2.75, 3.05) is 17.7 Å². The van der Waals surface area contributed by atoms with E-state index in [-0.39, 0.29) is 10.6 Å². The molecule has 1 aromatic carbocycles. The minimum atomic E-state index is -3.64. The summed E-state index contributed by atoms with van der Waals surface area (Å²) in [7, 11) is -0.784. The molecule has 0 saturated heterocycles. The highest BCUT2D eigenvalue weighted by molar-refractivity contribution is 7.89. The summed E-state index contributed by atoms with van der Waals surface area (Å²) < 4.78 is 27.2. The van der Waals surface area contributed by atoms with Crippen molar-refractivity contribution in [2.24, 2.45) is 12.8 Å². The number of amides is 3. The van der Waals surface area contributed by atoms with Crippen molar-refractivity contribution in [3.63, 3.8) is 0 Å². The molecule has 10 heteroatoms. The molecule has 0 atom stereocenters. The van der Waals surface area contributed by atoms with Crippen molar-refractivity contribution in [1.29, 1.82) is 0 Å². The van der Waals surface area contributed by atoms with Gasteiger partial charge >= 0.3 is 6.03 Å². The van der Waals surface area contributed by atoms with Crippen LogP contribution < -0.4 is 21.1 Å². The van der Waals surface area contributed by atoms with E-state index in [0.717, 1.165) is 0 Å². The van der Waals surface area contributed by atoms with Gasteiger partial charge in [0, 0.05) is 24.6 Å². The largest absolute Gasteiger partial charge is 0.351 e. The maximum Gasteiger partial charge on any atom is 0.316 e. The Hall–Kier alpha value is -2.85. The van der Waals surface area contributed by atoms with Crippen LogP contribution in [0.1, 0.15) is 10.5 Å². The number of aromatic nitrogens is 1. The number of hydrogen-bond donors (Lipinski definition) is 4. The number of sulfonamides is 1. The first-order valence-electron chi connectivity index (χ1n) is 6.80. The molecular formula is C14H17N5O4S. The van der Waals surface area contributed by atoms with Gasteiger partial charge in [0.2, 0.25) is 10.0 Å². The number of benzene rings is 1. The first-order chi connectivity index (χ1) is 11.2. The first kappa shape index (κ1) is 17.5. The van der Waals surface area contributed by atoms with Crippen LogP contribution in [0.25, 0.3) is 0 Å². The maximum absolute atomic E-state index is 12.3. The number of urea groups is 1. The molecule has 3 amide bonds. The van der Waals surface area contributed by atoms with Crippen molar-refractivity contribution in [2.45, 2.75) is 4.90 Å². The fourth-order valence-electron chi connectivity index (χ4n) is 2.04. The molecule has 1 aromatic heterocycles. The Bertz CT molecular complexity index is 888. The summed E-state index contributed by atoms with van der Waals surface area (Å²) >= 11 is 0. The number of nitrogens with two attached hydrogens (primary N) is 1. The fraction of sp³-hybridized carbons (Fsp3) is 0.143. The van der Waals surface area contributed by atoms with Crippen LogP contribution >= 0.6 is 0 Å². The van der Waals surface area contributed by atoms with E-state index in [4.69, 9.17) is 5.73 Å². The maximum atomic E-state index is 12.3. The lowest BCUT2D eigenvalue weighted by Gasteiger charge is -2.08. The predicted molar refractivity (Wildman–Crippen MR) is 89.3 cm³/mol. The number of rotatable bonds is 5. The smallest absolute Gasteiger partial charge is 0.316 e. The second-order valence-corrected chi connectivity index (χ2v) is 6.79. The molecule has 0 aliphatic carbocycles. The summed E-state index contributed by atoms with van der Waals surface area (Å²) in [5.74, 6) is -0.494. The highest BCUT2D eigenvalue weighted by Gasteiger charge is 2.19. The summed E-state index contributed by atoms with van der Waals surface area (Å²) in [5, 5.41) is 5.02. The van der Waals surface area contributed by atoms with Crippen molar-refractivity contribution in [3.8, 4) is 0 Å². The van der Waals surface area contributed by atoms with Crippen LogP contribution in [-0.4, -0.2) is 32.0 Å². The average molecular weight is 351 g/mol. The number of primary amides is 1. The summed E-state index contributed by atoms with van der Waals surface area (Å²) in [6.45, 7) is 0. The molecule has 0 aliphatic rings. The van der Waals surface area contributed by atoms with Gasteiger partial charge in [-0.25, -0.2) is 17.9 Å². The zero-order valence-electron chi connectivity index (χ0n) is 13.0. The molecule has 0 unspecified atom stereocenters. The number of nitrogens with one attached hydrogen (secondary N) is 3. The Morgan fingerprint density at radius 2 is 1.75 bits per heavy atom. The Morgan fingerprint density at radius 1 is 1.12 bits per heavy atom. The molecule has 5 N–H and O–H groups in total. The second-order valence-electron chi connectivity index (χ2n) is 4.90. The second kappa shape index (κ2) is 6.72. The van der Waals surface area contributed by atoms with Gasteiger partial charge in [0.15, 0.2) is 0 Å². The third-order valence-electron chi connectivity index (χ3n) is 3.18. The fourth-order valence-corrected chi connectivity index (χ4v) is 2.84. The zero-order valence-corrected chi connectivity index (χ0v) is 13.8. The van der Waals surface area contributed by atoms with Gasteiger partial charge in [-0.15, -0.1) is 0 Å². The molecule has 2 aromatic rings. The van der Waals surface area contributed by atoms with Gasteiger partial charge in [-0.1, -0.05) is 6.07 Å². The van der Waals surface area contributed by atoms with Crippen LogP contribution in [0.4, 0.5) is 16.2 Å². The monoisotopic (exact) mass is 351 g/mol.